The van der Waals surface area contributed by atoms with Crippen LogP contribution in [0.4, 0.5) is 11.4 Å². The Bertz CT molecular complexity index is 2490. The van der Waals surface area contributed by atoms with E-state index in [1.807, 2.05) is 118 Å². The lowest BCUT2D eigenvalue weighted by atomic mass is 9.94. The van der Waals surface area contributed by atoms with Crippen LogP contribution < -0.4 is 4.90 Å². The Morgan fingerprint density at radius 1 is 0.653 bits per heavy atom. The van der Waals surface area contributed by atoms with Crippen molar-refractivity contribution in [1.29, 1.82) is 5.26 Å². The Balaban J connectivity index is 1.44. The zero-order valence-corrected chi connectivity index (χ0v) is 27.1. The summed E-state index contributed by atoms with van der Waals surface area (Å²) in [7, 11) is 0. The standard InChI is InChI=1S/C43H28N4O2/c1-25-22-26(2)41(27(3)23-25)47-42(48)34-10-7-13-37(40(34)43(47)49)46-35-11-5-8-32(29-16-14-28(24-44)15-17-29)38(35)39-33(9-6-12-36(39)46)30-18-20-31(45-4)21-19-30/h5-23H,1-3H3. The number of imide groups is 1. The minimum absolute atomic E-state index is 0.337. The molecule has 0 N–H and O–H groups in total. The fourth-order valence-electron chi connectivity index (χ4n) is 7.47. The molecule has 0 radical (unpaired) electrons. The van der Waals surface area contributed by atoms with Gasteiger partial charge in [0.2, 0.25) is 0 Å². The molecule has 1 aliphatic rings. The van der Waals surface area contributed by atoms with E-state index in [-0.39, 0.29) is 11.8 Å². The molecule has 6 heteroatoms. The summed E-state index contributed by atoms with van der Waals surface area (Å²) in [6.07, 6.45) is 0. The number of nitriles is 1. The number of carbonyl (C=O) groups is 2. The highest BCUT2D eigenvalue weighted by molar-refractivity contribution is 6.36. The van der Waals surface area contributed by atoms with E-state index in [1.54, 1.807) is 6.07 Å². The van der Waals surface area contributed by atoms with Crippen molar-refractivity contribution in [2.24, 2.45) is 0 Å². The molecule has 2 amide bonds. The lowest BCUT2D eigenvalue weighted by molar-refractivity contribution is 0.0925. The van der Waals surface area contributed by atoms with Gasteiger partial charge >= 0.3 is 0 Å². The number of anilines is 1. The normalized spacial score (nSPS) is 12.4. The summed E-state index contributed by atoms with van der Waals surface area (Å²) in [6, 6.07) is 39.0. The van der Waals surface area contributed by atoms with Crippen LogP contribution >= 0.6 is 0 Å². The minimum Gasteiger partial charge on any atom is -0.308 e. The molecule has 8 rings (SSSR count). The molecule has 0 spiro atoms. The van der Waals surface area contributed by atoms with Gasteiger partial charge in [0.15, 0.2) is 5.69 Å². The first-order chi connectivity index (χ1) is 23.8. The highest BCUT2D eigenvalue weighted by Gasteiger charge is 2.40. The van der Waals surface area contributed by atoms with E-state index < -0.39 is 0 Å². The number of carbonyl (C=O) groups excluding carboxylic acids is 2. The van der Waals surface area contributed by atoms with E-state index in [4.69, 9.17) is 6.57 Å². The number of hydrogen-bond donors (Lipinski definition) is 0. The van der Waals surface area contributed by atoms with Crippen molar-refractivity contribution in [3.8, 4) is 34.0 Å². The fraction of sp³-hybridized carbons (Fsp3) is 0.0698. The van der Waals surface area contributed by atoms with Crippen LogP contribution in [0.1, 0.15) is 43.0 Å². The number of aromatic nitrogens is 1. The third-order valence-corrected chi connectivity index (χ3v) is 9.44. The van der Waals surface area contributed by atoms with Crippen molar-refractivity contribution < 1.29 is 9.59 Å². The van der Waals surface area contributed by atoms with Crippen molar-refractivity contribution in [1.82, 2.24) is 4.57 Å². The molecule has 6 aromatic carbocycles. The smallest absolute Gasteiger partial charge is 0.268 e. The highest BCUT2D eigenvalue weighted by atomic mass is 16.2. The third-order valence-electron chi connectivity index (χ3n) is 9.44. The van der Waals surface area contributed by atoms with Crippen molar-refractivity contribution >= 4 is 45.0 Å². The van der Waals surface area contributed by atoms with Crippen molar-refractivity contribution in [2.75, 3.05) is 4.90 Å². The summed E-state index contributed by atoms with van der Waals surface area (Å²) in [6.45, 7) is 13.3. The fourth-order valence-corrected chi connectivity index (χ4v) is 7.47. The highest BCUT2D eigenvalue weighted by Crippen LogP contribution is 2.45. The summed E-state index contributed by atoms with van der Waals surface area (Å²) in [5.74, 6) is -0.689. The van der Waals surface area contributed by atoms with Crippen LogP contribution in [0.3, 0.4) is 0 Å². The second-order valence-corrected chi connectivity index (χ2v) is 12.5. The average molecular weight is 633 g/mol. The number of benzene rings is 6. The van der Waals surface area contributed by atoms with Crippen molar-refractivity contribution in [3.63, 3.8) is 0 Å². The summed E-state index contributed by atoms with van der Waals surface area (Å²) in [5.41, 5.74) is 11.5. The topological polar surface area (TPSA) is 70.5 Å². The summed E-state index contributed by atoms with van der Waals surface area (Å²) in [5, 5.41) is 11.4. The summed E-state index contributed by atoms with van der Waals surface area (Å²) >= 11 is 0. The largest absolute Gasteiger partial charge is 0.308 e. The van der Waals surface area contributed by atoms with Crippen molar-refractivity contribution in [2.45, 2.75) is 20.8 Å². The molecule has 0 saturated heterocycles. The first kappa shape index (κ1) is 29.6. The van der Waals surface area contributed by atoms with Gasteiger partial charge in [-0.05, 0) is 90.6 Å². The average Bonchev–Trinajstić information content (AvgIpc) is 3.59. The van der Waals surface area contributed by atoms with E-state index in [9.17, 15) is 14.9 Å². The van der Waals surface area contributed by atoms with Gasteiger partial charge in [-0.15, -0.1) is 0 Å². The maximum absolute atomic E-state index is 14.5. The molecule has 0 bridgehead atoms. The first-order valence-corrected chi connectivity index (χ1v) is 16.0. The number of rotatable bonds is 4. The van der Waals surface area contributed by atoms with E-state index >= 15 is 0 Å². The summed E-state index contributed by atoms with van der Waals surface area (Å²) in [4.78, 5) is 33.5. The molecule has 0 saturated carbocycles. The SMILES string of the molecule is [C-]#[N+]c1ccc(-c2cccc3c2c2c(-c4ccc(C#N)cc4)cccc2n3-c2cccc3c2C(=O)N(c2c(C)cc(C)cc2C)C3=O)cc1. The summed E-state index contributed by atoms with van der Waals surface area (Å²) < 4.78 is 2.09. The zero-order valence-electron chi connectivity index (χ0n) is 27.1. The Kier molecular flexibility index (Phi) is 6.77. The first-order valence-electron chi connectivity index (χ1n) is 16.0. The number of fused-ring (bicyclic) bond motifs is 4. The van der Waals surface area contributed by atoms with E-state index in [2.05, 4.69) is 27.6 Å². The second kappa shape index (κ2) is 11.2. The van der Waals surface area contributed by atoms with Gasteiger partial charge in [-0.1, -0.05) is 84.4 Å². The van der Waals surface area contributed by atoms with Gasteiger partial charge in [-0.3, -0.25) is 9.59 Å². The Hall–Kier alpha value is -6.76. The Morgan fingerprint density at radius 3 is 1.73 bits per heavy atom. The van der Waals surface area contributed by atoms with Crippen LogP contribution in [0.25, 0.3) is 54.6 Å². The van der Waals surface area contributed by atoms with Gasteiger partial charge < -0.3 is 4.57 Å². The minimum atomic E-state index is -0.352. The van der Waals surface area contributed by atoms with Crippen LogP contribution in [0.2, 0.25) is 0 Å². The van der Waals surface area contributed by atoms with Gasteiger partial charge in [-0.2, -0.15) is 5.26 Å². The molecular weight excluding hydrogens is 604 g/mol. The van der Waals surface area contributed by atoms with Gasteiger partial charge in [-0.25, -0.2) is 9.74 Å². The van der Waals surface area contributed by atoms with Gasteiger partial charge in [0.05, 0.1) is 51.7 Å². The Labute approximate surface area is 283 Å². The maximum atomic E-state index is 14.5. The van der Waals surface area contributed by atoms with Gasteiger partial charge in [0, 0.05) is 10.8 Å². The molecule has 0 unspecified atom stereocenters. The predicted octanol–water partition coefficient (Wildman–Crippen LogP) is 10.3. The van der Waals surface area contributed by atoms with Crippen LogP contribution in [0, 0.1) is 38.7 Å². The van der Waals surface area contributed by atoms with E-state index in [0.717, 1.165) is 60.8 Å². The monoisotopic (exact) mass is 632 g/mol. The molecular formula is C43H28N4O2. The molecule has 0 aliphatic carbocycles. The molecule has 1 aromatic heterocycles. The molecule has 2 heterocycles. The van der Waals surface area contributed by atoms with Crippen LogP contribution in [0.15, 0.2) is 115 Å². The third kappa shape index (κ3) is 4.47. The molecule has 1 aliphatic heterocycles. The number of hydrogen-bond acceptors (Lipinski definition) is 3. The number of aryl methyl sites for hydroxylation is 3. The van der Waals surface area contributed by atoms with Crippen molar-refractivity contribution in [3.05, 3.63) is 160 Å². The number of nitrogens with zero attached hydrogens (tertiary/aromatic N) is 4. The maximum Gasteiger partial charge on any atom is 0.268 e. The van der Waals surface area contributed by atoms with Gasteiger partial charge in [0.1, 0.15) is 0 Å². The lowest BCUT2D eigenvalue weighted by Gasteiger charge is -2.20. The van der Waals surface area contributed by atoms with Crippen LogP contribution in [-0.4, -0.2) is 16.4 Å². The van der Waals surface area contributed by atoms with E-state index in [0.29, 0.717) is 33.8 Å². The molecule has 232 valence electrons. The molecule has 6 nitrogen and oxygen atoms in total. The van der Waals surface area contributed by atoms with Crippen LogP contribution in [-0.2, 0) is 0 Å². The molecule has 0 atom stereocenters. The van der Waals surface area contributed by atoms with Crippen LogP contribution in [0.5, 0.6) is 0 Å². The molecule has 0 fully saturated rings. The quantitative estimate of drug-likeness (QED) is 0.143. The lowest BCUT2D eigenvalue weighted by Crippen LogP contribution is -2.31. The zero-order chi connectivity index (χ0) is 34.0. The second-order valence-electron chi connectivity index (χ2n) is 12.5. The Morgan fingerprint density at radius 2 is 1.18 bits per heavy atom. The predicted molar refractivity (Wildman–Crippen MR) is 194 cm³/mol. The van der Waals surface area contributed by atoms with E-state index in [1.165, 1.54) is 4.90 Å². The number of amides is 2. The van der Waals surface area contributed by atoms with Gasteiger partial charge in [0.25, 0.3) is 11.8 Å². The molecule has 7 aromatic rings. The molecule has 49 heavy (non-hydrogen) atoms.